The Hall–Kier alpha value is -1.04. The molecule has 1 aromatic rings. The van der Waals surface area contributed by atoms with Crippen LogP contribution in [0.4, 0.5) is 8.78 Å². The van der Waals surface area contributed by atoms with Gasteiger partial charge in [0.2, 0.25) is 0 Å². The molecule has 0 saturated carbocycles. The molecule has 2 rings (SSSR count). The topological polar surface area (TPSA) is 33.2 Å². The van der Waals surface area contributed by atoms with Crippen LogP contribution in [0.1, 0.15) is 43.5 Å². The molecule has 1 amide bonds. The zero-order valence-corrected chi connectivity index (χ0v) is 13.3. The van der Waals surface area contributed by atoms with Gasteiger partial charge in [-0.25, -0.2) is 13.8 Å². The highest BCUT2D eigenvalue weighted by atomic mass is 79.9. The van der Waals surface area contributed by atoms with Gasteiger partial charge >= 0.3 is 0 Å². The summed E-state index contributed by atoms with van der Waals surface area (Å²) >= 11 is 3.17. The van der Waals surface area contributed by atoms with Crippen molar-refractivity contribution in [2.75, 3.05) is 13.1 Å². The van der Waals surface area contributed by atoms with Gasteiger partial charge in [-0.15, -0.1) is 0 Å². The van der Waals surface area contributed by atoms with Gasteiger partial charge < -0.3 is 4.90 Å². The minimum absolute atomic E-state index is 0.0991. The second kappa shape index (κ2) is 7.67. The number of hydrogen-bond donors (Lipinski definition) is 0. The van der Waals surface area contributed by atoms with Crippen LogP contribution in [0, 0.1) is 0 Å². The number of piperidine rings is 1. The van der Waals surface area contributed by atoms with Crippen molar-refractivity contribution in [2.24, 2.45) is 0 Å². The quantitative estimate of drug-likeness (QED) is 0.715. The molecule has 1 aliphatic heterocycles. The van der Waals surface area contributed by atoms with Crippen LogP contribution in [0.3, 0.4) is 0 Å². The van der Waals surface area contributed by atoms with Crippen LogP contribution in [-0.4, -0.2) is 34.8 Å². The van der Waals surface area contributed by atoms with Crippen molar-refractivity contribution >= 4 is 21.8 Å². The number of alkyl halides is 2. The van der Waals surface area contributed by atoms with Gasteiger partial charge in [0.05, 0.1) is 5.56 Å². The summed E-state index contributed by atoms with van der Waals surface area (Å²) in [5.74, 6) is -2.87. The molecule has 0 spiro atoms. The van der Waals surface area contributed by atoms with E-state index in [9.17, 15) is 13.6 Å². The Morgan fingerprint density at radius 2 is 1.90 bits per heavy atom. The highest BCUT2D eigenvalue weighted by molar-refractivity contribution is 9.10. The number of amides is 1. The predicted octanol–water partition coefficient (Wildman–Crippen LogP) is 4.13. The van der Waals surface area contributed by atoms with Gasteiger partial charge in [0, 0.05) is 32.1 Å². The maximum Gasteiger partial charge on any atom is 0.255 e. The first kappa shape index (κ1) is 17.0. The highest BCUT2D eigenvalue weighted by Gasteiger charge is 2.35. The van der Waals surface area contributed by atoms with E-state index >= 15 is 0 Å². The van der Waals surface area contributed by atoms with Gasteiger partial charge in [0.25, 0.3) is 11.8 Å². The first-order chi connectivity index (χ1) is 9.39. The zero-order valence-electron chi connectivity index (χ0n) is 11.7. The van der Waals surface area contributed by atoms with Crippen molar-refractivity contribution in [3.63, 3.8) is 0 Å². The fourth-order valence-electron chi connectivity index (χ4n) is 1.72. The lowest BCUT2D eigenvalue weighted by Gasteiger charge is -2.31. The minimum atomic E-state index is -2.63. The lowest BCUT2D eigenvalue weighted by Crippen LogP contribution is -2.42. The summed E-state index contributed by atoms with van der Waals surface area (Å²) in [4.78, 5) is 17.3. The molecule has 112 valence electrons. The highest BCUT2D eigenvalue weighted by Crippen LogP contribution is 2.28. The number of rotatable bonds is 1. The Labute approximate surface area is 126 Å². The van der Waals surface area contributed by atoms with E-state index in [2.05, 4.69) is 34.8 Å². The van der Waals surface area contributed by atoms with E-state index in [0.717, 1.165) is 0 Å². The molecule has 2 heterocycles. The summed E-state index contributed by atoms with van der Waals surface area (Å²) in [6.45, 7) is 4.45. The first-order valence-corrected chi connectivity index (χ1v) is 7.47. The normalized spacial score (nSPS) is 17.1. The number of nitrogens with zero attached hydrogens (tertiary/aromatic N) is 2. The third kappa shape index (κ3) is 5.15. The Morgan fingerprint density at radius 1 is 1.35 bits per heavy atom. The van der Waals surface area contributed by atoms with Crippen LogP contribution in [-0.2, 0) is 0 Å². The van der Waals surface area contributed by atoms with Gasteiger partial charge in [-0.1, -0.05) is 20.3 Å². The van der Waals surface area contributed by atoms with Gasteiger partial charge in [0.15, 0.2) is 0 Å². The maximum absolute atomic E-state index is 12.9. The van der Waals surface area contributed by atoms with E-state index in [1.54, 1.807) is 12.1 Å². The summed E-state index contributed by atoms with van der Waals surface area (Å²) in [5, 5.41) is 0. The number of halogens is 3. The Kier molecular flexibility index (Phi) is 6.52. The lowest BCUT2D eigenvalue weighted by molar-refractivity contribution is -0.0494. The smallest absolute Gasteiger partial charge is 0.255 e. The molecule has 0 aromatic carbocycles. The van der Waals surface area contributed by atoms with Gasteiger partial charge in [0.1, 0.15) is 4.60 Å². The Balaban J connectivity index is 0.000000612. The first-order valence-electron chi connectivity index (χ1n) is 6.68. The molecular weight excluding hydrogens is 330 g/mol. The predicted molar refractivity (Wildman–Crippen MR) is 78.0 cm³/mol. The summed E-state index contributed by atoms with van der Waals surface area (Å²) in [7, 11) is 0. The number of hydrogen-bond acceptors (Lipinski definition) is 2. The molecule has 0 N–H and O–H groups in total. The van der Waals surface area contributed by atoms with E-state index < -0.39 is 5.92 Å². The van der Waals surface area contributed by atoms with E-state index in [4.69, 9.17) is 0 Å². The van der Waals surface area contributed by atoms with Crippen LogP contribution < -0.4 is 0 Å². The lowest BCUT2D eigenvalue weighted by atomic mass is 10.1. The molecule has 1 aromatic heterocycles. The second-order valence-electron chi connectivity index (χ2n) is 4.72. The summed E-state index contributed by atoms with van der Waals surface area (Å²) in [5.41, 5.74) is 0.429. The van der Waals surface area contributed by atoms with Crippen molar-refractivity contribution in [1.29, 1.82) is 0 Å². The molecule has 1 saturated heterocycles. The average Bonchev–Trinajstić information content (AvgIpc) is 2.40. The molecule has 6 heteroatoms. The van der Waals surface area contributed by atoms with Crippen molar-refractivity contribution in [1.82, 2.24) is 9.88 Å². The van der Waals surface area contributed by atoms with Crippen molar-refractivity contribution in [3.05, 3.63) is 28.5 Å². The number of carbonyl (C=O) groups is 1. The molecule has 20 heavy (non-hydrogen) atoms. The fraction of sp³-hybridized carbons (Fsp3) is 0.571. The number of aromatic nitrogens is 1. The van der Waals surface area contributed by atoms with Crippen molar-refractivity contribution < 1.29 is 13.6 Å². The van der Waals surface area contributed by atoms with E-state index in [1.165, 1.54) is 17.5 Å². The minimum Gasteiger partial charge on any atom is -0.338 e. The standard InChI is InChI=1S/C11H11BrF2N2O.C3H8/c12-9-2-1-8(7-15-9)10(17)16-5-3-11(13,14)4-6-16;1-3-2/h1-2,7H,3-6H2;3H2,1-2H3. The largest absolute Gasteiger partial charge is 0.338 e. The number of pyridine rings is 1. The molecule has 0 unspecified atom stereocenters. The summed E-state index contributed by atoms with van der Waals surface area (Å²) in [6.07, 6.45) is 2.17. The molecular formula is C14H19BrF2N2O. The van der Waals surface area contributed by atoms with Crippen molar-refractivity contribution in [2.45, 2.75) is 39.0 Å². The summed E-state index contributed by atoms with van der Waals surface area (Å²) in [6, 6.07) is 3.29. The van der Waals surface area contributed by atoms with E-state index in [-0.39, 0.29) is 31.8 Å². The van der Waals surface area contributed by atoms with Crippen LogP contribution in [0.25, 0.3) is 0 Å². The van der Waals surface area contributed by atoms with Crippen LogP contribution >= 0.6 is 15.9 Å². The number of likely N-dealkylation sites (tertiary alicyclic amines) is 1. The van der Waals surface area contributed by atoms with Gasteiger partial charge in [-0.2, -0.15) is 0 Å². The molecule has 3 nitrogen and oxygen atoms in total. The molecule has 0 radical (unpaired) electrons. The van der Waals surface area contributed by atoms with E-state index in [1.807, 2.05) is 0 Å². The zero-order chi connectivity index (χ0) is 15.2. The Bertz CT molecular complexity index is 427. The van der Waals surface area contributed by atoms with Gasteiger partial charge in [-0.3, -0.25) is 4.79 Å². The van der Waals surface area contributed by atoms with Gasteiger partial charge in [-0.05, 0) is 28.1 Å². The molecule has 0 bridgehead atoms. The molecule has 1 fully saturated rings. The van der Waals surface area contributed by atoms with Crippen LogP contribution in [0.15, 0.2) is 22.9 Å². The molecule has 0 atom stereocenters. The van der Waals surface area contributed by atoms with E-state index in [0.29, 0.717) is 10.2 Å². The molecule has 1 aliphatic rings. The number of carbonyl (C=O) groups excluding carboxylic acids is 1. The third-order valence-electron chi connectivity index (χ3n) is 2.76. The summed E-state index contributed by atoms with van der Waals surface area (Å²) < 4.78 is 26.5. The second-order valence-corrected chi connectivity index (χ2v) is 5.54. The third-order valence-corrected chi connectivity index (χ3v) is 3.23. The Morgan fingerprint density at radius 3 is 2.35 bits per heavy atom. The molecule has 0 aliphatic carbocycles. The van der Waals surface area contributed by atoms with Crippen LogP contribution in [0.5, 0.6) is 0 Å². The SMILES string of the molecule is CCC.O=C(c1ccc(Br)nc1)N1CCC(F)(F)CC1. The fourth-order valence-corrected chi connectivity index (χ4v) is 1.96. The maximum atomic E-state index is 12.9. The van der Waals surface area contributed by atoms with Crippen LogP contribution in [0.2, 0.25) is 0 Å². The monoisotopic (exact) mass is 348 g/mol. The van der Waals surface area contributed by atoms with Crippen molar-refractivity contribution in [3.8, 4) is 0 Å². The average molecular weight is 349 g/mol.